The van der Waals surface area contributed by atoms with Gasteiger partial charge in [0.1, 0.15) is 0 Å². The maximum atomic E-state index is 11.0. The number of hydrogen-bond acceptors (Lipinski definition) is 2. The van der Waals surface area contributed by atoms with Crippen LogP contribution in [0, 0.1) is 5.92 Å². The first-order valence-corrected chi connectivity index (χ1v) is 5.51. The van der Waals surface area contributed by atoms with Crippen molar-refractivity contribution in [2.45, 2.75) is 12.8 Å². The second kappa shape index (κ2) is 4.84. The number of anilines is 1. The molecule has 0 radical (unpaired) electrons. The summed E-state index contributed by atoms with van der Waals surface area (Å²) in [5.74, 6) is -1.11. The maximum Gasteiger partial charge on any atom is 0.310 e. The zero-order chi connectivity index (χ0) is 11.4. The highest BCUT2D eigenvalue weighted by molar-refractivity contribution is 5.75. The third-order valence-electron chi connectivity index (χ3n) is 2.79. The number of hydrogen-bond donors (Lipinski definition) is 2. The molecule has 1 unspecified atom stereocenters. The summed E-state index contributed by atoms with van der Waals surface area (Å²) in [5, 5.41) is 12.3. The van der Waals surface area contributed by atoms with Crippen molar-refractivity contribution in [3.8, 4) is 0 Å². The zero-order valence-electron chi connectivity index (χ0n) is 9.02. The molecule has 1 heterocycles. The second-order valence-corrected chi connectivity index (χ2v) is 3.96. The third kappa shape index (κ3) is 2.42. The number of carboxylic acids is 1. The average Bonchev–Trinajstić information content (AvgIpc) is 2.38. The first-order valence-electron chi connectivity index (χ1n) is 5.51. The molecule has 2 N–H and O–H groups in total. The quantitative estimate of drug-likeness (QED) is 0.760. The number of rotatable bonds is 1. The Bertz CT molecular complexity index is 412. The van der Waals surface area contributed by atoms with Crippen molar-refractivity contribution in [1.82, 2.24) is 0 Å². The molecule has 0 saturated heterocycles. The molecule has 16 heavy (non-hydrogen) atoms. The molecule has 0 fully saturated rings. The number of carbonyl (C=O) groups is 1. The van der Waals surface area contributed by atoms with Gasteiger partial charge in [0.2, 0.25) is 0 Å². The summed E-state index contributed by atoms with van der Waals surface area (Å²) in [5.41, 5.74) is 2.13. The zero-order valence-corrected chi connectivity index (χ0v) is 9.02. The normalized spacial score (nSPS) is 19.9. The predicted octanol–water partition coefficient (Wildman–Crippen LogP) is 2.61. The monoisotopic (exact) mass is 217 g/mol. The summed E-state index contributed by atoms with van der Waals surface area (Å²) in [4.78, 5) is 11.0. The van der Waals surface area contributed by atoms with Gasteiger partial charge in [-0.1, -0.05) is 30.4 Å². The Balaban J connectivity index is 2.28. The highest BCUT2D eigenvalue weighted by Crippen LogP contribution is 2.21. The number of para-hydroxylation sites is 1. The molecule has 2 rings (SSSR count). The fourth-order valence-electron chi connectivity index (χ4n) is 1.87. The van der Waals surface area contributed by atoms with Gasteiger partial charge in [0.05, 0.1) is 5.92 Å². The molecular weight excluding hydrogens is 202 g/mol. The summed E-state index contributed by atoms with van der Waals surface area (Å²) in [7, 11) is 0. The van der Waals surface area contributed by atoms with E-state index in [-0.39, 0.29) is 5.92 Å². The first-order chi connectivity index (χ1) is 7.77. The van der Waals surface area contributed by atoms with Crippen molar-refractivity contribution < 1.29 is 9.90 Å². The Kier molecular flexibility index (Phi) is 3.25. The molecule has 0 aliphatic carbocycles. The van der Waals surface area contributed by atoms with Crippen molar-refractivity contribution in [2.24, 2.45) is 5.92 Å². The Morgan fingerprint density at radius 1 is 1.38 bits per heavy atom. The van der Waals surface area contributed by atoms with Gasteiger partial charge in [-0.3, -0.25) is 4.79 Å². The largest absolute Gasteiger partial charge is 0.481 e. The van der Waals surface area contributed by atoms with E-state index in [4.69, 9.17) is 5.11 Å². The highest BCUT2D eigenvalue weighted by Gasteiger charge is 2.14. The fourth-order valence-corrected chi connectivity index (χ4v) is 1.87. The molecule has 1 aromatic carbocycles. The van der Waals surface area contributed by atoms with Crippen LogP contribution in [0.2, 0.25) is 0 Å². The Morgan fingerprint density at radius 3 is 3.00 bits per heavy atom. The number of benzene rings is 1. The average molecular weight is 217 g/mol. The number of nitrogens with one attached hydrogen (secondary N) is 1. The van der Waals surface area contributed by atoms with Crippen LogP contribution >= 0.6 is 0 Å². The van der Waals surface area contributed by atoms with Crippen LogP contribution in [0.5, 0.6) is 0 Å². The van der Waals surface area contributed by atoms with Crippen LogP contribution in [-0.2, 0) is 4.79 Å². The first kappa shape index (κ1) is 10.7. The van der Waals surface area contributed by atoms with Gasteiger partial charge in [-0.05, 0) is 24.5 Å². The summed E-state index contributed by atoms with van der Waals surface area (Å²) in [6.07, 6.45) is 5.24. The van der Waals surface area contributed by atoms with Gasteiger partial charge < -0.3 is 10.4 Å². The van der Waals surface area contributed by atoms with E-state index in [0.29, 0.717) is 6.42 Å². The molecule has 0 bridgehead atoms. The van der Waals surface area contributed by atoms with E-state index in [1.165, 1.54) is 0 Å². The van der Waals surface area contributed by atoms with Crippen molar-refractivity contribution in [2.75, 3.05) is 11.9 Å². The van der Waals surface area contributed by atoms with Crippen molar-refractivity contribution in [3.05, 3.63) is 35.9 Å². The lowest BCUT2D eigenvalue weighted by Crippen LogP contribution is -2.12. The van der Waals surface area contributed by atoms with Crippen molar-refractivity contribution in [3.63, 3.8) is 0 Å². The molecular formula is C13H15NO2. The lowest BCUT2D eigenvalue weighted by Gasteiger charge is -2.07. The van der Waals surface area contributed by atoms with Crippen LogP contribution in [0.4, 0.5) is 5.69 Å². The van der Waals surface area contributed by atoms with Gasteiger partial charge in [-0.2, -0.15) is 0 Å². The van der Waals surface area contributed by atoms with Gasteiger partial charge >= 0.3 is 5.97 Å². The van der Waals surface area contributed by atoms with E-state index >= 15 is 0 Å². The van der Waals surface area contributed by atoms with Crippen LogP contribution in [0.3, 0.4) is 0 Å². The van der Waals surface area contributed by atoms with Crippen LogP contribution in [0.25, 0.3) is 6.08 Å². The predicted molar refractivity (Wildman–Crippen MR) is 64.3 cm³/mol. The molecule has 3 heteroatoms. The van der Waals surface area contributed by atoms with Gasteiger partial charge in [0, 0.05) is 12.2 Å². The highest BCUT2D eigenvalue weighted by atomic mass is 16.4. The molecule has 0 aromatic heterocycles. The molecule has 0 saturated carbocycles. The lowest BCUT2D eigenvalue weighted by atomic mass is 10.0. The summed E-state index contributed by atoms with van der Waals surface area (Å²) < 4.78 is 0. The minimum atomic E-state index is -0.740. The van der Waals surface area contributed by atoms with E-state index in [1.807, 2.05) is 30.3 Å². The van der Waals surface area contributed by atoms with Gasteiger partial charge in [-0.25, -0.2) is 0 Å². The van der Waals surface area contributed by atoms with Crippen LogP contribution in [-0.4, -0.2) is 17.6 Å². The molecule has 1 aliphatic heterocycles. The molecule has 1 aliphatic rings. The Morgan fingerprint density at radius 2 is 2.19 bits per heavy atom. The summed E-state index contributed by atoms with van der Waals surface area (Å²) in [6.45, 7) is 0.822. The van der Waals surface area contributed by atoms with E-state index in [2.05, 4.69) is 5.32 Å². The Labute approximate surface area is 94.8 Å². The van der Waals surface area contributed by atoms with E-state index < -0.39 is 5.97 Å². The smallest absolute Gasteiger partial charge is 0.310 e. The SMILES string of the molecule is O=C(O)C1C=Cc2ccccc2NCCC1. The lowest BCUT2D eigenvalue weighted by molar-refractivity contribution is -0.140. The van der Waals surface area contributed by atoms with E-state index in [9.17, 15) is 4.79 Å². The molecule has 3 nitrogen and oxygen atoms in total. The standard InChI is InChI=1S/C13H15NO2/c15-13(16)11-5-3-9-14-12-6-2-1-4-10(12)7-8-11/h1-2,4,6-8,11,14H,3,5,9H2,(H,15,16). The van der Waals surface area contributed by atoms with Crippen LogP contribution in [0.1, 0.15) is 18.4 Å². The van der Waals surface area contributed by atoms with Gasteiger partial charge in [0.15, 0.2) is 0 Å². The Hall–Kier alpha value is -1.77. The molecule has 0 amide bonds. The van der Waals surface area contributed by atoms with Crippen LogP contribution in [0.15, 0.2) is 30.3 Å². The molecule has 1 atom stereocenters. The van der Waals surface area contributed by atoms with Crippen molar-refractivity contribution >= 4 is 17.7 Å². The number of carboxylic acid groups (broad SMARTS) is 1. The fraction of sp³-hybridized carbons (Fsp3) is 0.308. The molecule has 1 aromatic rings. The van der Waals surface area contributed by atoms with Crippen molar-refractivity contribution in [1.29, 1.82) is 0 Å². The van der Waals surface area contributed by atoms with Gasteiger partial charge in [0.25, 0.3) is 0 Å². The number of fused-ring (bicyclic) bond motifs is 1. The minimum absolute atomic E-state index is 0.368. The molecule has 84 valence electrons. The topological polar surface area (TPSA) is 49.3 Å². The van der Waals surface area contributed by atoms with Gasteiger partial charge in [-0.15, -0.1) is 0 Å². The minimum Gasteiger partial charge on any atom is -0.481 e. The number of aliphatic carboxylic acids is 1. The molecule has 0 spiro atoms. The second-order valence-electron chi connectivity index (χ2n) is 3.96. The van der Waals surface area contributed by atoms with Crippen LogP contribution < -0.4 is 5.32 Å². The third-order valence-corrected chi connectivity index (χ3v) is 2.79. The summed E-state index contributed by atoms with van der Waals surface area (Å²) >= 11 is 0. The van der Waals surface area contributed by atoms with E-state index in [1.54, 1.807) is 6.08 Å². The van der Waals surface area contributed by atoms with E-state index in [0.717, 1.165) is 24.2 Å². The summed E-state index contributed by atoms with van der Waals surface area (Å²) in [6, 6.07) is 7.94. The maximum absolute atomic E-state index is 11.0.